The van der Waals surface area contributed by atoms with Gasteiger partial charge >= 0.3 is 0 Å². The minimum atomic E-state index is -0.441. The fourth-order valence-electron chi connectivity index (χ4n) is 2.62. The van der Waals surface area contributed by atoms with Crippen LogP contribution in [0.4, 0.5) is 17.1 Å². The summed E-state index contributed by atoms with van der Waals surface area (Å²) >= 11 is 0. The minimum Gasteiger partial charge on any atom is -0.393 e. The zero-order chi connectivity index (χ0) is 13.1. The van der Waals surface area contributed by atoms with Crippen molar-refractivity contribution >= 4 is 17.1 Å². The average molecular weight is 249 g/mol. The number of nitrogens with zero attached hydrogens (tertiary/aromatic N) is 2. The summed E-state index contributed by atoms with van der Waals surface area (Å²) in [6.07, 6.45) is 3.66. The third-order valence-electron chi connectivity index (χ3n) is 3.56. The van der Waals surface area contributed by atoms with Gasteiger partial charge in [-0.2, -0.15) is 0 Å². The van der Waals surface area contributed by atoms with Crippen LogP contribution >= 0.6 is 0 Å². The lowest BCUT2D eigenvalue weighted by atomic mass is 10.0. The molecule has 0 spiro atoms. The average Bonchev–Trinajstić information content (AvgIpc) is 2.77. The van der Waals surface area contributed by atoms with Gasteiger partial charge in [0.1, 0.15) is 5.69 Å². The quantitative estimate of drug-likeness (QED) is 0.506. The number of anilines is 2. The van der Waals surface area contributed by atoms with Gasteiger partial charge in [-0.25, -0.2) is 0 Å². The van der Waals surface area contributed by atoms with E-state index in [0.29, 0.717) is 0 Å². The number of nitrogens with two attached hydrogens (primary N) is 1. The number of hydrogen-bond acceptors (Lipinski definition) is 4. The highest BCUT2D eigenvalue weighted by Gasteiger charge is 2.23. The fourth-order valence-corrected chi connectivity index (χ4v) is 2.62. The number of nitro groups is 1. The van der Waals surface area contributed by atoms with E-state index >= 15 is 0 Å². The van der Waals surface area contributed by atoms with Gasteiger partial charge in [0.2, 0.25) is 0 Å². The number of nitro benzene ring substituents is 1. The molecule has 1 aromatic rings. The summed E-state index contributed by atoms with van der Waals surface area (Å²) in [5.41, 5.74) is 6.95. The van der Waals surface area contributed by atoms with E-state index in [1.54, 1.807) is 12.1 Å². The Balaban J connectivity index is 2.11. The van der Waals surface area contributed by atoms with E-state index in [1.165, 1.54) is 25.3 Å². The molecule has 0 aliphatic carbocycles. The normalized spacial score (nSPS) is 19.2. The molecule has 0 bridgehead atoms. The van der Waals surface area contributed by atoms with E-state index in [9.17, 15) is 10.1 Å². The standard InChI is InChI=1S/C13H19N3O2/c1-2-3-10-6-7-15(9-10)11-4-5-13(16(17)18)12(14)8-11/h4-5,8,10H,2-3,6-7,9,14H2,1H3. The van der Waals surface area contributed by atoms with Crippen molar-refractivity contribution in [2.45, 2.75) is 26.2 Å². The topological polar surface area (TPSA) is 72.4 Å². The molecule has 0 saturated carbocycles. The van der Waals surface area contributed by atoms with E-state index < -0.39 is 4.92 Å². The van der Waals surface area contributed by atoms with Crippen molar-refractivity contribution in [1.82, 2.24) is 0 Å². The van der Waals surface area contributed by atoms with Gasteiger partial charge in [0.15, 0.2) is 0 Å². The molecular weight excluding hydrogens is 230 g/mol. The van der Waals surface area contributed by atoms with Crippen LogP contribution in [0.3, 0.4) is 0 Å². The maximum absolute atomic E-state index is 10.7. The van der Waals surface area contributed by atoms with Crippen LogP contribution in [0, 0.1) is 16.0 Å². The van der Waals surface area contributed by atoms with Gasteiger partial charge in [-0.15, -0.1) is 0 Å². The molecular formula is C13H19N3O2. The van der Waals surface area contributed by atoms with Crippen LogP contribution in [0.5, 0.6) is 0 Å². The second kappa shape index (κ2) is 5.25. The molecule has 1 unspecified atom stereocenters. The van der Waals surface area contributed by atoms with Gasteiger partial charge in [-0.05, 0) is 30.9 Å². The smallest absolute Gasteiger partial charge is 0.292 e. The number of hydrogen-bond donors (Lipinski definition) is 1. The van der Waals surface area contributed by atoms with Crippen LogP contribution in [0.25, 0.3) is 0 Å². The summed E-state index contributed by atoms with van der Waals surface area (Å²) in [6.45, 7) is 4.25. The molecule has 2 rings (SSSR count). The Morgan fingerprint density at radius 3 is 2.94 bits per heavy atom. The Hall–Kier alpha value is -1.78. The van der Waals surface area contributed by atoms with Crippen molar-refractivity contribution < 1.29 is 4.92 Å². The molecule has 1 heterocycles. The summed E-state index contributed by atoms with van der Waals surface area (Å²) in [4.78, 5) is 12.5. The first-order chi connectivity index (χ1) is 8.61. The molecule has 5 heteroatoms. The van der Waals surface area contributed by atoms with Crippen LogP contribution < -0.4 is 10.6 Å². The van der Waals surface area contributed by atoms with Crippen molar-refractivity contribution in [2.75, 3.05) is 23.7 Å². The summed E-state index contributed by atoms with van der Waals surface area (Å²) in [7, 11) is 0. The lowest BCUT2D eigenvalue weighted by Gasteiger charge is -2.19. The molecule has 98 valence electrons. The second-order valence-electron chi connectivity index (χ2n) is 4.89. The molecule has 0 aromatic heterocycles. The van der Waals surface area contributed by atoms with E-state index in [1.807, 2.05) is 0 Å². The van der Waals surface area contributed by atoms with Crippen molar-refractivity contribution in [1.29, 1.82) is 0 Å². The Bertz CT molecular complexity index is 448. The van der Waals surface area contributed by atoms with Crippen molar-refractivity contribution in [3.05, 3.63) is 28.3 Å². The monoisotopic (exact) mass is 249 g/mol. The van der Waals surface area contributed by atoms with E-state index in [2.05, 4.69) is 11.8 Å². The summed E-state index contributed by atoms with van der Waals surface area (Å²) in [5, 5.41) is 10.7. The zero-order valence-electron chi connectivity index (χ0n) is 10.6. The highest BCUT2D eigenvalue weighted by molar-refractivity contribution is 5.66. The summed E-state index contributed by atoms with van der Waals surface area (Å²) < 4.78 is 0. The zero-order valence-corrected chi connectivity index (χ0v) is 10.6. The van der Waals surface area contributed by atoms with Gasteiger partial charge in [0.25, 0.3) is 5.69 Å². The third kappa shape index (κ3) is 2.55. The fraction of sp³-hybridized carbons (Fsp3) is 0.538. The predicted octanol–water partition coefficient (Wildman–Crippen LogP) is 2.80. The van der Waals surface area contributed by atoms with Crippen molar-refractivity contribution in [3.63, 3.8) is 0 Å². The summed E-state index contributed by atoms with van der Waals surface area (Å²) in [6, 6.07) is 5.01. The van der Waals surface area contributed by atoms with Gasteiger partial charge < -0.3 is 10.6 Å². The van der Waals surface area contributed by atoms with Crippen molar-refractivity contribution in [3.8, 4) is 0 Å². The molecule has 18 heavy (non-hydrogen) atoms. The molecule has 1 aliphatic rings. The first-order valence-corrected chi connectivity index (χ1v) is 6.40. The largest absolute Gasteiger partial charge is 0.393 e. The van der Waals surface area contributed by atoms with Crippen LogP contribution in [0.1, 0.15) is 26.2 Å². The van der Waals surface area contributed by atoms with Gasteiger partial charge in [-0.1, -0.05) is 13.3 Å². The van der Waals surface area contributed by atoms with Crippen molar-refractivity contribution in [2.24, 2.45) is 5.92 Å². The summed E-state index contributed by atoms with van der Waals surface area (Å²) in [5.74, 6) is 0.742. The van der Waals surface area contributed by atoms with E-state index in [0.717, 1.165) is 24.7 Å². The first kappa shape index (κ1) is 12.7. The van der Waals surface area contributed by atoms with Gasteiger partial charge in [0.05, 0.1) is 4.92 Å². The number of benzene rings is 1. The van der Waals surface area contributed by atoms with Crippen LogP contribution in [-0.4, -0.2) is 18.0 Å². The highest BCUT2D eigenvalue weighted by atomic mass is 16.6. The molecule has 1 saturated heterocycles. The molecule has 5 nitrogen and oxygen atoms in total. The van der Waals surface area contributed by atoms with E-state index in [4.69, 9.17) is 5.73 Å². The highest BCUT2D eigenvalue weighted by Crippen LogP contribution is 2.31. The molecule has 2 N–H and O–H groups in total. The van der Waals surface area contributed by atoms with Crippen LogP contribution in [0.2, 0.25) is 0 Å². The second-order valence-corrected chi connectivity index (χ2v) is 4.89. The number of rotatable bonds is 4. The Morgan fingerprint density at radius 1 is 1.56 bits per heavy atom. The molecule has 1 aromatic carbocycles. The van der Waals surface area contributed by atoms with Crippen LogP contribution in [0.15, 0.2) is 18.2 Å². The SMILES string of the molecule is CCCC1CCN(c2ccc([N+](=O)[O-])c(N)c2)C1. The van der Waals surface area contributed by atoms with E-state index in [-0.39, 0.29) is 11.4 Å². The lowest BCUT2D eigenvalue weighted by Crippen LogP contribution is -2.19. The maximum Gasteiger partial charge on any atom is 0.292 e. The molecule has 1 atom stereocenters. The number of nitrogen functional groups attached to an aromatic ring is 1. The van der Waals surface area contributed by atoms with Gasteiger partial charge in [-0.3, -0.25) is 10.1 Å². The molecule has 1 fully saturated rings. The Kier molecular flexibility index (Phi) is 3.69. The molecule has 1 aliphatic heterocycles. The van der Waals surface area contributed by atoms with Crippen LogP contribution in [-0.2, 0) is 0 Å². The lowest BCUT2D eigenvalue weighted by molar-refractivity contribution is -0.383. The third-order valence-corrected chi connectivity index (χ3v) is 3.56. The molecule has 0 amide bonds. The maximum atomic E-state index is 10.7. The Labute approximate surface area is 107 Å². The Morgan fingerprint density at radius 2 is 2.33 bits per heavy atom. The predicted molar refractivity (Wildman–Crippen MR) is 72.7 cm³/mol. The first-order valence-electron chi connectivity index (χ1n) is 6.40. The van der Waals surface area contributed by atoms with Gasteiger partial charge in [0, 0.05) is 24.8 Å². The minimum absolute atomic E-state index is 0.0111. The molecule has 0 radical (unpaired) electrons.